The van der Waals surface area contributed by atoms with E-state index in [9.17, 15) is 31.2 Å². The summed E-state index contributed by atoms with van der Waals surface area (Å²) in [7, 11) is -4.62. The average molecular weight is 289 g/mol. The topological polar surface area (TPSA) is 121 Å². The fraction of sp³-hybridized carbons (Fsp3) is 0.333. The van der Waals surface area contributed by atoms with E-state index in [0.29, 0.717) is 6.20 Å². The van der Waals surface area contributed by atoms with Gasteiger partial charge in [0.2, 0.25) is 0 Å². The lowest BCUT2D eigenvalue weighted by molar-refractivity contribution is -0.181. The van der Waals surface area contributed by atoms with Gasteiger partial charge in [-0.15, -0.1) is 0 Å². The van der Waals surface area contributed by atoms with E-state index < -0.39 is 39.0 Å². The van der Waals surface area contributed by atoms with E-state index in [1.807, 2.05) is 4.98 Å². The zero-order chi connectivity index (χ0) is 14.0. The number of aromatic amines is 2. The summed E-state index contributed by atoms with van der Waals surface area (Å²) in [6.45, 7) is -1.87. The molecule has 1 heterocycles. The molecule has 0 unspecified atom stereocenters. The fourth-order valence-electron chi connectivity index (χ4n) is 0.831. The summed E-state index contributed by atoms with van der Waals surface area (Å²) in [6.07, 6.45) is -4.21. The van der Waals surface area contributed by atoms with E-state index in [1.54, 1.807) is 4.98 Å². The van der Waals surface area contributed by atoms with Gasteiger partial charge in [0.25, 0.3) is 15.6 Å². The highest BCUT2D eigenvalue weighted by Gasteiger charge is 2.29. The van der Waals surface area contributed by atoms with Crippen LogP contribution in [0.25, 0.3) is 0 Å². The lowest BCUT2D eigenvalue weighted by Gasteiger charge is -2.08. The molecule has 1 rings (SSSR count). The van der Waals surface area contributed by atoms with Crippen LogP contribution in [0.3, 0.4) is 0 Å². The summed E-state index contributed by atoms with van der Waals surface area (Å²) in [6, 6.07) is 0. The van der Waals surface area contributed by atoms with Gasteiger partial charge in [0.15, 0.2) is 11.5 Å². The minimum atomic E-state index is -4.74. The van der Waals surface area contributed by atoms with Gasteiger partial charge < -0.3 is 4.98 Å². The summed E-state index contributed by atoms with van der Waals surface area (Å²) in [4.78, 5) is 28.9. The molecule has 1 aromatic rings. The number of halogens is 3. The Morgan fingerprint density at radius 2 is 1.94 bits per heavy atom. The van der Waals surface area contributed by atoms with E-state index in [4.69, 9.17) is 0 Å². The first-order valence-electron chi connectivity index (χ1n) is 4.14. The Labute approximate surface area is 96.8 Å². The van der Waals surface area contributed by atoms with Crippen LogP contribution in [0.5, 0.6) is 0 Å². The molecule has 0 atom stereocenters. The van der Waals surface area contributed by atoms with Gasteiger partial charge in [0, 0.05) is 6.20 Å². The number of nitrogens with one attached hydrogen (secondary N) is 3. The predicted molar refractivity (Wildman–Crippen MR) is 50.0 cm³/mol. The maximum absolute atomic E-state index is 11.7. The highest BCUT2D eigenvalue weighted by molar-refractivity contribution is 7.89. The quantitative estimate of drug-likeness (QED) is 0.603. The van der Waals surface area contributed by atoms with E-state index in [0.717, 1.165) is 4.89 Å². The largest absolute Gasteiger partial charge is 0.413 e. The van der Waals surface area contributed by atoms with Gasteiger partial charge in [-0.2, -0.15) is 13.2 Å². The Balaban J connectivity index is 2.88. The molecule has 0 aliphatic heterocycles. The smallest absolute Gasteiger partial charge is 0.313 e. The third-order valence-corrected chi connectivity index (χ3v) is 2.70. The van der Waals surface area contributed by atoms with Gasteiger partial charge in [-0.1, -0.05) is 4.89 Å². The van der Waals surface area contributed by atoms with Crippen molar-refractivity contribution in [2.45, 2.75) is 11.1 Å². The Kier molecular flexibility index (Phi) is 3.93. The van der Waals surface area contributed by atoms with Crippen molar-refractivity contribution < 1.29 is 26.4 Å². The van der Waals surface area contributed by atoms with Crippen molar-refractivity contribution in [2.24, 2.45) is 0 Å². The number of H-pyrrole nitrogens is 2. The maximum Gasteiger partial charge on any atom is 0.413 e. The van der Waals surface area contributed by atoms with E-state index >= 15 is 0 Å². The summed E-state index contributed by atoms with van der Waals surface area (Å²) >= 11 is 0. The van der Waals surface area contributed by atoms with Crippen molar-refractivity contribution in [1.82, 2.24) is 14.9 Å². The average Bonchev–Trinajstić information content (AvgIpc) is 2.13. The normalized spacial score (nSPS) is 12.6. The first kappa shape index (κ1) is 14.4. The van der Waals surface area contributed by atoms with Gasteiger partial charge in [0.1, 0.15) is 0 Å². The molecule has 1 aromatic heterocycles. The molecule has 12 heteroatoms. The molecule has 18 heavy (non-hydrogen) atoms. The third kappa shape index (κ3) is 3.97. The van der Waals surface area contributed by atoms with Crippen LogP contribution in [0.2, 0.25) is 0 Å². The van der Waals surface area contributed by atoms with Gasteiger partial charge in [0.05, 0.1) is 0 Å². The second-order valence-corrected chi connectivity index (χ2v) is 4.54. The number of rotatable bonds is 4. The molecule has 0 aliphatic rings. The van der Waals surface area contributed by atoms with Crippen LogP contribution in [0.4, 0.5) is 13.2 Å². The second kappa shape index (κ2) is 4.91. The Bertz CT molecular complexity index is 631. The van der Waals surface area contributed by atoms with Crippen LogP contribution in [0, 0.1) is 0 Å². The number of hydrogen-bond acceptors (Lipinski definition) is 5. The molecule has 0 fully saturated rings. The van der Waals surface area contributed by atoms with Crippen molar-refractivity contribution in [3.05, 3.63) is 27.0 Å². The number of hydrogen-bond donors (Lipinski definition) is 3. The lowest BCUT2D eigenvalue weighted by atomic mass is 10.7. The summed E-state index contributed by atoms with van der Waals surface area (Å²) in [5, 5.41) is 0. The zero-order valence-corrected chi connectivity index (χ0v) is 9.18. The van der Waals surface area contributed by atoms with Crippen molar-refractivity contribution in [1.29, 1.82) is 0 Å². The van der Waals surface area contributed by atoms with Gasteiger partial charge in [-0.25, -0.2) is 13.2 Å². The van der Waals surface area contributed by atoms with E-state index in [2.05, 4.69) is 4.84 Å². The van der Waals surface area contributed by atoms with Crippen molar-refractivity contribution in [3.63, 3.8) is 0 Å². The molecule has 0 saturated heterocycles. The van der Waals surface area contributed by atoms with Crippen LogP contribution < -0.4 is 16.1 Å². The molecule has 0 radical (unpaired) electrons. The van der Waals surface area contributed by atoms with Gasteiger partial charge in [-0.3, -0.25) is 14.6 Å². The van der Waals surface area contributed by atoms with Crippen LogP contribution in [-0.4, -0.2) is 31.2 Å². The van der Waals surface area contributed by atoms with E-state index in [1.165, 1.54) is 0 Å². The first-order valence-corrected chi connectivity index (χ1v) is 5.62. The molecule has 3 N–H and O–H groups in total. The minimum absolute atomic E-state index is 0.528. The van der Waals surface area contributed by atoms with Crippen LogP contribution in [0.1, 0.15) is 0 Å². The van der Waals surface area contributed by atoms with Crippen molar-refractivity contribution >= 4 is 10.0 Å². The molecule has 0 amide bonds. The predicted octanol–water partition coefficient (Wildman–Crippen LogP) is -1.16. The van der Waals surface area contributed by atoms with Crippen molar-refractivity contribution in [2.75, 3.05) is 6.61 Å². The highest BCUT2D eigenvalue weighted by Crippen LogP contribution is 2.14. The highest BCUT2D eigenvalue weighted by atomic mass is 32.2. The molecular formula is C6H6F3N3O5S. The number of aromatic nitrogens is 2. The number of alkyl halides is 3. The molecule has 0 aliphatic carbocycles. The molecule has 8 nitrogen and oxygen atoms in total. The molecule has 0 spiro atoms. The fourth-order valence-corrected chi connectivity index (χ4v) is 1.64. The Morgan fingerprint density at radius 3 is 2.44 bits per heavy atom. The standard InChI is InChI=1S/C6H6F3N3O5S/c7-6(8,9)2-17-12-18(15,16)3-1-10-5(14)11-4(3)13/h1,12H,2H2,(H2,10,11,13,14). The third-order valence-electron chi connectivity index (χ3n) is 1.48. The molecular weight excluding hydrogens is 283 g/mol. The molecule has 0 aromatic carbocycles. The monoisotopic (exact) mass is 289 g/mol. The van der Waals surface area contributed by atoms with Crippen LogP contribution in [0.15, 0.2) is 20.7 Å². The molecule has 102 valence electrons. The summed E-state index contributed by atoms with van der Waals surface area (Å²) < 4.78 is 57.7. The summed E-state index contributed by atoms with van der Waals surface area (Å²) in [5.74, 6) is 0. The maximum atomic E-state index is 11.7. The molecule has 0 saturated carbocycles. The minimum Gasteiger partial charge on any atom is -0.313 e. The van der Waals surface area contributed by atoms with E-state index in [-0.39, 0.29) is 0 Å². The zero-order valence-electron chi connectivity index (χ0n) is 8.37. The van der Waals surface area contributed by atoms with Gasteiger partial charge in [-0.05, 0) is 0 Å². The SMILES string of the molecule is O=c1[nH]cc(S(=O)(=O)NOCC(F)(F)F)c(=O)[nH]1. The number of sulfonamides is 1. The van der Waals surface area contributed by atoms with Crippen molar-refractivity contribution in [3.8, 4) is 0 Å². The first-order chi connectivity index (χ1) is 8.12. The Morgan fingerprint density at radius 1 is 1.33 bits per heavy atom. The Hall–Kier alpha value is -1.66. The second-order valence-electron chi connectivity index (χ2n) is 2.93. The summed E-state index contributed by atoms with van der Waals surface area (Å²) in [5.41, 5.74) is -2.25. The lowest BCUT2D eigenvalue weighted by Crippen LogP contribution is -2.35. The van der Waals surface area contributed by atoms with Crippen LogP contribution in [-0.2, 0) is 14.9 Å². The molecule has 0 bridgehead atoms. The van der Waals surface area contributed by atoms with Crippen LogP contribution >= 0.6 is 0 Å². The van der Waals surface area contributed by atoms with Gasteiger partial charge >= 0.3 is 11.9 Å².